The van der Waals surface area contributed by atoms with Gasteiger partial charge in [0.1, 0.15) is 5.56 Å². The first-order valence-electron chi connectivity index (χ1n) is 9.07. The standard InChI is InChI=1S/C21H22N4O2/c1-24-18-11-14-25(21(26)17-9-6-12-22-20(17)27-2)13-10-16(18)19(23-24)15-7-4-3-5-8-15/h3-9,12H,10-11,13-14H2,1-2H3. The lowest BCUT2D eigenvalue weighted by atomic mass is 10.0. The Hall–Kier alpha value is -3.15. The Morgan fingerprint density at radius 1 is 1.07 bits per heavy atom. The van der Waals surface area contributed by atoms with Crippen molar-refractivity contribution < 1.29 is 9.53 Å². The summed E-state index contributed by atoms with van der Waals surface area (Å²) in [5, 5.41) is 4.74. The molecule has 0 N–H and O–H groups in total. The van der Waals surface area contributed by atoms with Crippen LogP contribution in [0.1, 0.15) is 21.6 Å². The highest BCUT2D eigenvalue weighted by Gasteiger charge is 2.26. The number of methoxy groups -OCH3 is 1. The van der Waals surface area contributed by atoms with Crippen molar-refractivity contribution in [2.75, 3.05) is 20.2 Å². The number of aryl methyl sites for hydroxylation is 1. The van der Waals surface area contributed by atoms with Gasteiger partial charge in [0.25, 0.3) is 5.91 Å². The zero-order valence-corrected chi connectivity index (χ0v) is 15.6. The molecule has 1 aliphatic rings. The van der Waals surface area contributed by atoms with Crippen LogP contribution < -0.4 is 4.74 Å². The summed E-state index contributed by atoms with van der Waals surface area (Å²) in [7, 11) is 3.52. The van der Waals surface area contributed by atoms with E-state index in [1.165, 1.54) is 18.4 Å². The lowest BCUT2D eigenvalue weighted by Crippen LogP contribution is -2.33. The summed E-state index contributed by atoms with van der Waals surface area (Å²) >= 11 is 0. The summed E-state index contributed by atoms with van der Waals surface area (Å²) in [6.07, 6.45) is 3.19. The summed E-state index contributed by atoms with van der Waals surface area (Å²) in [6.45, 7) is 1.30. The molecule has 0 unspecified atom stereocenters. The second-order valence-corrected chi connectivity index (χ2v) is 6.62. The number of benzene rings is 1. The molecule has 0 aliphatic carbocycles. The van der Waals surface area contributed by atoms with Gasteiger partial charge in [-0.3, -0.25) is 9.48 Å². The van der Waals surface area contributed by atoms with Gasteiger partial charge < -0.3 is 9.64 Å². The number of nitrogens with zero attached hydrogens (tertiary/aromatic N) is 4. The van der Waals surface area contributed by atoms with Gasteiger partial charge in [0.15, 0.2) is 0 Å². The molecule has 6 heteroatoms. The summed E-state index contributed by atoms with van der Waals surface area (Å²) < 4.78 is 7.21. The van der Waals surface area contributed by atoms with Crippen LogP contribution in [0.4, 0.5) is 0 Å². The predicted octanol–water partition coefficient (Wildman–Crippen LogP) is 2.73. The van der Waals surface area contributed by atoms with Gasteiger partial charge in [0, 0.05) is 49.6 Å². The second-order valence-electron chi connectivity index (χ2n) is 6.62. The van der Waals surface area contributed by atoms with Crippen molar-refractivity contribution in [3.05, 3.63) is 65.5 Å². The monoisotopic (exact) mass is 362 g/mol. The van der Waals surface area contributed by atoms with E-state index in [2.05, 4.69) is 17.1 Å². The Kier molecular flexibility index (Phi) is 4.62. The predicted molar refractivity (Wildman–Crippen MR) is 103 cm³/mol. The molecule has 6 nitrogen and oxygen atoms in total. The van der Waals surface area contributed by atoms with Crippen LogP contribution in [-0.4, -0.2) is 45.8 Å². The minimum atomic E-state index is -0.0398. The van der Waals surface area contributed by atoms with Gasteiger partial charge in [-0.25, -0.2) is 4.98 Å². The smallest absolute Gasteiger partial charge is 0.259 e. The van der Waals surface area contributed by atoms with Crippen LogP contribution in [0, 0.1) is 0 Å². The van der Waals surface area contributed by atoms with Crippen LogP contribution in [0.15, 0.2) is 48.7 Å². The van der Waals surface area contributed by atoms with E-state index >= 15 is 0 Å². The minimum Gasteiger partial charge on any atom is -0.480 e. The third-order valence-corrected chi connectivity index (χ3v) is 5.05. The molecule has 3 heterocycles. The van der Waals surface area contributed by atoms with Crippen molar-refractivity contribution in [1.29, 1.82) is 0 Å². The molecule has 0 saturated heterocycles. The maximum atomic E-state index is 13.0. The Bertz CT molecular complexity index is 966. The summed E-state index contributed by atoms with van der Waals surface area (Å²) in [4.78, 5) is 19.1. The van der Waals surface area contributed by atoms with Gasteiger partial charge in [-0.1, -0.05) is 30.3 Å². The molecular formula is C21H22N4O2. The highest BCUT2D eigenvalue weighted by molar-refractivity contribution is 5.96. The normalized spacial score (nSPS) is 13.8. The van der Waals surface area contributed by atoms with Gasteiger partial charge in [-0.05, 0) is 18.6 Å². The Morgan fingerprint density at radius 3 is 2.63 bits per heavy atom. The molecule has 1 aliphatic heterocycles. The zero-order chi connectivity index (χ0) is 18.8. The number of amides is 1. The number of rotatable bonds is 3. The lowest BCUT2D eigenvalue weighted by molar-refractivity contribution is 0.0758. The van der Waals surface area contributed by atoms with Crippen molar-refractivity contribution in [1.82, 2.24) is 19.7 Å². The van der Waals surface area contributed by atoms with E-state index in [0.29, 0.717) is 24.5 Å². The third-order valence-electron chi connectivity index (χ3n) is 5.05. The number of carbonyl (C=O) groups is 1. The van der Waals surface area contributed by atoms with Gasteiger partial charge >= 0.3 is 0 Å². The number of fused-ring (bicyclic) bond motifs is 1. The quantitative estimate of drug-likeness (QED) is 0.719. The Balaban J connectivity index is 1.62. The molecule has 2 aromatic heterocycles. The maximum absolute atomic E-state index is 13.0. The van der Waals surface area contributed by atoms with Crippen LogP contribution in [0.2, 0.25) is 0 Å². The van der Waals surface area contributed by atoms with Crippen molar-refractivity contribution in [2.45, 2.75) is 12.8 Å². The maximum Gasteiger partial charge on any atom is 0.259 e. The molecule has 0 atom stereocenters. The molecular weight excluding hydrogens is 340 g/mol. The summed E-state index contributed by atoms with van der Waals surface area (Å²) in [5.74, 6) is 0.331. The van der Waals surface area contributed by atoms with Crippen molar-refractivity contribution in [3.63, 3.8) is 0 Å². The van der Waals surface area contributed by atoms with Gasteiger partial charge in [0.2, 0.25) is 5.88 Å². The zero-order valence-electron chi connectivity index (χ0n) is 15.6. The average molecular weight is 362 g/mol. The number of hydrogen-bond donors (Lipinski definition) is 0. The largest absolute Gasteiger partial charge is 0.480 e. The molecule has 4 rings (SSSR count). The molecule has 3 aromatic rings. The number of aromatic nitrogens is 3. The van der Waals surface area contributed by atoms with E-state index in [9.17, 15) is 4.79 Å². The second kappa shape index (κ2) is 7.23. The highest BCUT2D eigenvalue weighted by Crippen LogP contribution is 2.28. The van der Waals surface area contributed by atoms with Gasteiger partial charge in [-0.2, -0.15) is 5.10 Å². The Labute approximate surface area is 158 Å². The third kappa shape index (κ3) is 3.18. The van der Waals surface area contributed by atoms with Crippen LogP contribution in [0.5, 0.6) is 5.88 Å². The van der Waals surface area contributed by atoms with E-state index in [0.717, 1.165) is 24.1 Å². The number of carbonyl (C=O) groups excluding carboxylic acids is 1. The van der Waals surface area contributed by atoms with Crippen LogP contribution in [0.3, 0.4) is 0 Å². The molecule has 0 saturated carbocycles. The first kappa shape index (κ1) is 17.3. The van der Waals surface area contributed by atoms with Gasteiger partial charge in [0.05, 0.1) is 12.8 Å². The molecule has 0 radical (unpaired) electrons. The SMILES string of the molecule is COc1ncccc1C(=O)N1CCc2c(-c3ccccc3)nn(C)c2CC1. The lowest BCUT2D eigenvalue weighted by Gasteiger charge is -2.21. The van der Waals surface area contributed by atoms with Crippen molar-refractivity contribution in [2.24, 2.45) is 7.05 Å². The molecule has 138 valence electrons. The van der Waals surface area contributed by atoms with Crippen LogP contribution in [0.25, 0.3) is 11.3 Å². The fourth-order valence-corrected chi connectivity index (χ4v) is 3.70. The van der Waals surface area contributed by atoms with Crippen LogP contribution >= 0.6 is 0 Å². The van der Waals surface area contributed by atoms with E-state index in [4.69, 9.17) is 9.84 Å². The molecule has 0 fully saturated rings. The van der Waals surface area contributed by atoms with E-state index in [-0.39, 0.29) is 5.91 Å². The van der Waals surface area contributed by atoms with E-state index in [1.54, 1.807) is 18.3 Å². The molecule has 1 amide bonds. The molecule has 27 heavy (non-hydrogen) atoms. The van der Waals surface area contributed by atoms with Crippen molar-refractivity contribution in [3.8, 4) is 17.1 Å². The first-order valence-corrected chi connectivity index (χ1v) is 9.07. The highest BCUT2D eigenvalue weighted by atomic mass is 16.5. The number of ether oxygens (including phenoxy) is 1. The minimum absolute atomic E-state index is 0.0398. The topological polar surface area (TPSA) is 60.2 Å². The number of pyridine rings is 1. The molecule has 0 bridgehead atoms. The summed E-state index contributed by atoms with van der Waals surface area (Å²) in [5.41, 5.74) is 5.07. The fraction of sp³-hybridized carbons (Fsp3) is 0.286. The van der Waals surface area contributed by atoms with Gasteiger partial charge in [-0.15, -0.1) is 0 Å². The first-order chi connectivity index (χ1) is 13.2. The molecule has 1 aromatic carbocycles. The molecule has 0 spiro atoms. The van der Waals surface area contributed by atoms with E-state index in [1.807, 2.05) is 34.8 Å². The van der Waals surface area contributed by atoms with Crippen molar-refractivity contribution >= 4 is 5.91 Å². The Morgan fingerprint density at radius 2 is 1.85 bits per heavy atom. The summed E-state index contributed by atoms with van der Waals surface area (Å²) in [6, 6.07) is 13.7. The van der Waals surface area contributed by atoms with E-state index < -0.39 is 0 Å². The number of hydrogen-bond acceptors (Lipinski definition) is 4. The fourth-order valence-electron chi connectivity index (χ4n) is 3.70. The van der Waals surface area contributed by atoms with Crippen LogP contribution in [-0.2, 0) is 19.9 Å². The average Bonchev–Trinajstić information content (AvgIpc) is 2.89.